The SMILES string of the molecule is CCN1CCCC1CNS(=O)(=O)CCl. The van der Waals surface area contributed by atoms with Gasteiger partial charge in [-0.05, 0) is 25.9 Å². The van der Waals surface area contributed by atoms with Crippen molar-refractivity contribution in [3.63, 3.8) is 0 Å². The zero-order valence-electron chi connectivity index (χ0n) is 8.37. The first kappa shape index (κ1) is 12.2. The highest BCUT2D eigenvalue weighted by Gasteiger charge is 2.23. The molecule has 0 bridgehead atoms. The Morgan fingerprint density at radius 3 is 2.86 bits per heavy atom. The lowest BCUT2D eigenvalue weighted by molar-refractivity contribution is 0.268. The molecule has 1 aliphatic rings. The smallest absolute Gasteiger partial charge is 0.225 e. The zero-order valence-corrected chi connectivity index (χ0v) is 9.94. The fraction of sp³-hybridized carbons (Fsp3) is 1.00. The summed E-state index contributed by atoms with van der Waals surface area (Å²) in [4.78, 5) is 2.29. The fourth-order valence-corrected chi connectivity index (χ4v) is 2.56. The van der Waals surface area contributed by atoms with Crippen LogP contribution in [0.15, 0.2) is 0 Å². The van der Waals surface area contributed by atoms with E-state index in [1.807, 2.05) is 0 Å². The third-order valence-electron chi connectivity index (χ3n) is 2.59. The lowest BCUT2D eigenvalue weighted by Gasteiger charge is -2.22. The van der Waals surface area contributed by atoms with Crippen LogP contribution in [-0.4, -0.2) is 44.2 Å². The van der Waals surface area contributed by atoms with Gasteiger partial charge in [0.2, 0.25) is 10.0 Å². The molecular formula is C8H17ClN2O2S. The molecule has 0 aromatic carbocycles. The van der Waals surface area contributed by atoms with Crippen molar-refractivity contribution in [2.24, 2.45) is 0 Å². The van der Waals surface area contributed by atoms with Crippen LogP contribution in [0.2, 0.25) is 0 Å². The van der Waals surface area contributed by atoms with Gasteiger partial charge in [-0.2, -0.15) is 0 Å². The molecule has 1 fully saturated rings. The molecule has 6 heteroatoms. The molecule has 1 rings (SSSR count). The molecule has 1 atom stereocenters. The molecule has 0 saturated carbocycles. The van der Waals surface area contributed by atoms with Crippen LogP contribution in [0.25, 0.3) is 0 Å². The van der Waals surface area contributed by atoms with Gasteiger partial charge in [-0.15, -0.1) is 11.6 Å². The summed E-state index contributed by atoms with van der Waals surface area (Å²) >= 11 is 5.28. The summed E-state index contributed by atoms with van der Waals surface area (Å²) < 4.78 is 24.7. The molecule has 4 nitrogen and oxygen atoms in total. The van der Waals surface area contributed by atoms with Crippen molar-refractivity contribution in [2.45, 2.75) is 25.8 Å². The van der Waals surface area contributed by atoms with Crippen LogP contribution in [-0.2, 0) is 10.0 Å². The van der Waals surface area contributed by atoms with Crippen molar-refractivity contribution >= 4 is 21.6 Å². The maximum Gasteiger partial charge on any atom is 0.225 e. The first-order valence-corrected chi connectivity index (χ1v) is 7.05. The second-order valence-corrected chi connectivity index (χ2v) is 5.89. The summed E-state index contributed by atoms with van der Waals surface area (Å²) in [6.45, 7) is 4.63. The van der Waals surface area contributed by atoms with Crippen molar-refractivity contribution in [2.75, 3.05) is 24.8 Å². The number of likely N-dealkylation sites (N-methyl/N-ethyl adjacent to an activating group) is 1. The van der Waals surface area contributed by atoms with E-state index in [-0.39, 0.29) is 5.21 Å². The van der Waals surface area contributed by atoms with E-state index in [2.05, 4.69) is 16.5 Å². The monoisotopic (exact) mass is 240 g/mol. The van der Waals surface area contributed by atoms with Crippen LogP contribution >= 0.6 is 11.6 Å². The van der Waals surface area contributed by atoms with Gasteiger partial charge in [0.15, 0.2) is 0 Å². The molecule has 1 unspecified atom stereocenters. The summed E-state index contributed by atoms with van der Waals surface area (Å²) in [6, 6.07) is 0.345. The topological polar surface area (TPSA) is 49.4 Å². The molecule has 0 amide bonds. The van der Waals surface area contributed by atoms with Crippen molar-refractivity contribution in [1.82, 2.24) is 9.62 Å². The molecule has 0 radical (unpaired) electrons. The number of halogens is 1. The lowest BCUT2D eigenvalue weighted by atomic mass is 10.2. The largest absolute Gasteiger partial charge is 0.299 e. The van der Waals surface area contributed by atoms with Gasteiger partial charge in [0.1, 0.15) is 5.21 Å². The first-order chi connectivity index (χ1) is 6.59. The average Bonchev–Trinajstić information content (AvgIpc) is 2.62. The average molecular weight is 241 g/mol. The summed E-state index contributed by atoms with van der Waals surface area (Å²) in [6.07, 6.45) is 2.22. The predicted molar refractivity (Wildman–Crippen MR) is 57.9 cm³/mol. The highest BCUT2D eigenvalue weighted by Crippen LogP contribution is 2.15. The minimum Gasteiger partial charge on any atom is -0.299 e. The zero-order chi connectivity index (χ0) is 10.6. The van der Waals surface area contributed by atoms with Crippen LogP contribution in [0.1, 0.15) is 19.8 Å². The fourth-order valence-electron chi connectivity index (χ4n) is 1.80. The van der Waals surface area contributed by atoms with Gasteiger partial charge < -0.3 is 0 Å². The van der Waals surface area contributed by atoms with Gasteiger partial charge in [0.05, 0.1) is 0 Å². The number of likely N-dealkylation sites (tertiary alicyclic amines) is 1. The molecule has 1 saturated heterocycles. The molecule has 1 heterocycles. The van der Waals surface area contributed by atoms with E-state index in [0.717, 1.165) is 25.9 Å². The van der Waals surface area contributed by atoms with Crippen LogP contribution in [0.4, 0.5) is 0 Å². The van der Waals surface area contributed by atoms with Gasteiger partial charge in [0.25, 0.3) is 0 Å². The van der Waals surface area contributed by atoms with Crippen LogP contribution in [0.3, 0.4) is 0 Å². The van der Waals surface area contributed by atoms with E-state index in [9.17, 15) is 8.42 Å². The van der Waals surface area contributed by atoms with Gasteiger partial charge >= 0.3 is 0 Å². The Morgan fingerprint density at radius 1 is 1.57 bits per heavy atom. The molecule has 1 aliphatic heterocycles. The van der Waals surface area contributed by atoms with Crippen molar-refractivity contribution in [3.8, 4) is 0 Å². The van der Waals surface area contributed by atoms with E-state index in [4.69, 9.17) is 11.6 Å². The summed E-state index contributed by atoms with van der Waals surface area (Å²) in [5.74, 6) is 0. The van der Waals surface area contributed by atoms with Crippen molar-refractivity contribution in [3.05, 3.63) is 0 Å². The number of nitrogens with zero attached hydrogens (tertiary/aromatic N) is 1. The molecule has 84 valence electrons. The minimum absolute atomic E-state index is 0.345. The first-order valence-electron chi connectivity index (χ1n) is 4.86. The summed E-state index contributed by atoms with van der Waals surface area (Å²) in [5, 5.41) is -0.355. The Kier molecular flexibility index (Phi) is 4.63. The van der Waals surface area contributed by atoms with E-state index < -0.39 is 10.0 Å². The normalized spacial score (nSPS) is 24.3. The molecule has 0 aromatic heterocycles. The molecule has 0 aromatic rings. The van der Waals surface area contributed by atoms with E-state index in [0.29, 0.717) is 12.6 Å². The maximum absolute atomic E-state index is 11.1. The van der Waals surface area contributed by atoms with Crippen LogP contribution < -0.4 is 4.72 Å². The van der Waals surface area contributed by atoms with Crippen molar-refractivity contribution < 1.29 is 8.42 Å². The van der Waals surface area contributed by atoms with Gasteiger partial charge in [0, 0.05) is 12.6 Å². The second kappa shape index (κ2) is 5.30. The highest BCUT2D eigenvalue weighted by molar-refractivity contribution is 7.90. The van der Waals surface area contributed by atoms with Crippen molar-refractivity contribution in [1.29, 1.82) is 0 Å². The standard InChI is InChI=1S/C8H17ClN2O2S/c1-2-11-5-3-4-8(11)6-10-14(12,13)7-9/h8,10H,2-7H2,1H3. The Balaban J connectivity index is 2.38. The lowest BCUT2D eigenvalue weighted by Crippen LogP contribution is -2.40. The number of hydrogen-bond acceptors (Lipinski definition) is 3. The minimum atomic E-state index is -3.25. The molecular weight excluding hydrogens is 224 g/mol. The van der Waals surface area contributed by atoms with E-state index in [1.54, 1.807) is 0 Å². The van der Waals surface area contributed by atoms with Gasteiger partial charge in [-0.25, -0.2) is 13.1 Å². The third kappa shape index (κ3) is 3.38. The summed E-state index contributed by atoms with van der Waals surface area (Å²) in [5.41, 5.74) is 0. The third-order valence-corrected chi connectivity index (χ3v) is 4.34. The Bertz CT molecular complexity index is 269. The Labute approximate surface area is 90.7 Å². The number of sulfonamides is 1. The molecule has 0 spiro atoms. The molecule has 14 heavy (non-hydrogen) atoms. The predicted octanol–water partition coefficient (Wildman–Crippen LogP) is 0.586. The number of rotatable bonds is 5. The second-order valence-electron chi connectivity index (χ2n) is 3.50. The quantitative estimate of drug-likeness (QED) is 0.716. The molecule has 0 aliphatic carbocycles. The molecule has 1 N–H and O–H groups in total. The van der Waals surface area contributed by atoms with E-state index >= 15 is 0 Å². The van der Waals surface area contributed by atoms with E-state index in [1.165, 1.54) is 0 Å². The Hall–Kier alpha value is 0.160. The summed E-state index contributed by atoms with van der Waals surface area (Å²) in [7, 11) is -3.25. The van der Waals surface area contributed by atoms with Crippen LogP contribution in [0, 0.1) is 0 Å². The number of hydrogen-bond donors (Lipinski definition) is 1. The Morgan fingerprint density at radius 2 is 2.29 bits per heavy atom. The van der Waals surface area contributed by atoms with Gasteiger partial charge in [-0.1, -0.05) is 6.92 Å². The highest BCUT2D eigenvalue weighted by atomic mass is 35.5. The van der Waals surface area contributed by atoms with Gasteiger partial charge in [-0.3, -0.25) is 4.90 Å². The number of alkyl halides is 1. The number of nitrogens with one attached hydrogen (secondary N) is 1. The van der Waals surface area contributed by atoms with Crippen LogP contribution in [0.5, 0.6) is 0 Å². The maximum atomic E-state index is 11.1.